The molecule has 230 valence electrons. The van der Waals surface area contributed by atoms with E-state index in [0.717, 1.165) is 18.8 Å². The molecule has 41 heavy (non-hydrogen) atoms. The van der Waals surface area contributed by atoms with E-state index in [0.29, 0.717) is 11.8 Å². The fraction of sp³-hybridized carbons (Fsp3) is 0.615. The molecule has 1 aromatic heterocycles. The Hall–Kier alpha value is -1.46. The minimum Gasteiger partial charge on any atom is -0.376 e. The number of allylic oxidation sites excluding steroid dienone is 4. The fourth-order valence-electron chi connectivity index (χ4n) is 4.69. The van der Waals surface area contributed by atoms with E-state index in [-0.39, 0.29) is 21.1 Å². The second-order valence-electron chi connectivity index (χ2n) is 13.1. The molecule has 0 aliphatic carbocycles. The van der Waals surface area contributed by atoms with Gasteiger partial charge < -0.3 is 23.3 Å². The molecule has 2 rings (SSSR count). The van der Waals surface area contributed by atoms with Gasteiger partial charge in [0.15, 0.2) is 0 Å². The summed E-state index contributed by atoms with van der Waals surface area (Å²) in [5.41, 5.74) is 18.1. The van der Waals surface area contributed by atoms with Crippen LogP contribution in [0.2, 0.25) is 0 Å². The molecule has 0 unspecified atom stereocenters. The molecular weight excluding hydrogens is 666 g/mol. The molecule has 0 atom stereocenters. The van der Waals surface area contributed by atoms with E-state index in [2.05, 4.69) is 135 Å². The predicted molar refractivity (Wildman–Crippen MR) is 180 cm³/mol. The normalized spacial score (nSPS) is 11.7. The van der Waals surface area contributed by atoms with Gasteiger partial charge in [0.05, 0.1) is 0 Å². The van der Waals surface area contributed by atoms with Crippen LogP contribution < -0.4 is 0 Å². The molecule has 2 heteroatoms. The van der Waals surface area contributed by atoms with Gasteiger partial charge in [-0.3, -0.25) is 4.98 Å². The summed E-state index contributed by atoms with van der Waals surface area (Å²) in [4.78, 5) is 4.67. The van der Waals surface area contributed by atoms with E-state index < -0.39 is 0 Å². The van der Waals surface area contributed by atoms with Gasteiger partial charge in [-0.25, -0.2) is 0 Å². The van der Waals surface area contributed by atoms with Crippen LogP contribution >= 0.6 is 0 Å². The number of benzene rings is 1. The molecule has 0 amide bonds. The first-order valence-electron chi connectivity index (χ1n) is 15.4. The van der Waals surface area contributed by atoms with Gasteiger partial charge in [-0.2, -0.15) is 0 Å². The molecule has 0 saturated heterocycles. The van der Waals surface area contributed by atoms with Crippen molar-refractivity contribution in [2.45, 2.75) is 144 Å². The Morgan fingerprint density at radius 2 is 0.976 bits per heavy atom. The molecule has 1 heterocycles. The van der Waals surface area contributed by atoms with Crippen molar-refractivity contribution >= 4 is 0 Å². The zero-order chi connectivity index (χ0) is 31.5. The third kappa shape index (κ3) is 13.6. The summed E-state index contributed by atoms with van der Waals surface area (Å²) in [6, 6.07) is 0. The average molecular weight is 730 g/mol. The quantitative estimate of drug-likeness (QED) is 0.204. The van der Waals surface area contributed by atoms with E-state index in [9.17, 15) is 0 Å². The van der Waals surface area contributed by atoms with Crippen LogP contribution in [0.4, 0.5) is 0 Å². The minimum absolute atomic E-state index is 0. The Bertz CT molecular complexity index is 1130. The smallest absolute Gasteiger partial charge is 0.376 e. The molecule has 0 spiro atoms. The Morgan fingerprint density at radius 3 is 1.37 bits per heavy atom. The number of aryl methyl sites for hydroxylation is 1. The van der Waals surface area contributed by atoms with E-state index in [1.807, 2.05) is 6.92 Å². The maximum atomic E-state index is 4.67. The fourth-order valence-corrected chi connectivity index (χ4v) is 4.69. The summed E-state index contributed by atoms with van der Waals surface area (Å²) >= 11 is 0. The third-order valence-corrected chi connectivity index (χ3v) is 8.49. The van der Waals surface area contributed by atoms with Crippen molar-refractivity contribution in [3.8, 4) is 0 Å². The van der Waals surface area contributed by atoms with Gasteiger partial charge in [0, 0.05) is 11.4 Å². The first kappa shape index (κ1) is 41.7. The number of hydrogen-bond acceptors (Lipinski definition) is 1. The van der Waals surface area contributed by atoms with E-state index in [1.54, 1.807) is 5.56 Å². The second kappa shape index (κ2) is 19.7. The van der Waals surface area contributed by atoms with Gasteiger partial charge in [0.2, 0.25) is 0 Å². The molecule has 0 aliphatic heterocycles. The monoisotopic (exact) mass is 729 g/mol. The van der Waals surface area contributed by atoms with Crippen LogP contribution in [0.3, 0.4) is 0 Å². The molecule has 0 radical (unpaired) electrons. The van der Waals surface area contributed by atoms with Gasteiger partial charge in [-0.15, -0.1) is 27.2 Å². The maximum absolute atomic E-state index is 4.67. The largest absolute Gasteiger partial charge is 2.00 e. The Balaban J connectivity index is 0. The Labute approximate surface area is 271 Å². The maximum Gasteiger partial charge on any atom is 2.00 e. The minimum atomic E-state index is 0. The Morgan fingerprint density at radius 1 is 0.561 bits per heavy atom. The van der Waals surface area contributed by atoms with Crippen molar-refractivity contribution in [1.82, 2.24) is 4.98 Å². The zero-order valence-corrected chi connectivity index (χ0v) is 33.1. The van der Waals surface area contributed by atoms with E-state index in [4.69, 9.17) is 0 Å². The molecule has 1 nitrogen and oxygen atoms in total. The molecule has 0 fully saturated rings. The SMILES string of the molecule is C[C-]=C(C)C(C)=[C-]CC(C)C.Cc1c(C)c(C)c(CC(C)C)c(C)c1C.Cc1nc(CC(C)C)c(C)c(C)c1C.[W+2]. The first-order chi connectivity index (χ1) is 18.4. The third-order valence-electron chi connectivity index (χ3n) is 8.49. The second-order valence-corrected chi connectivity index (χ2v) is 13.1. The molecule has 0 aliphatic rings. The van der Waals surface area contributed by atoms with E-state index >= 15 is 0 Å². The molecular formula is C39H63NW. The van der Waals surface area contributed by atoms with Crippen molar-refractivity contribution in [2.24, 2.45) is 17.8 Å². The molecule has 1 aromatic carbocycles. The predicted octanol–water partition coefficient (Wildman–Crippen LogP) is 11.5. The van der Waals surface area contributed by atoms with Gasteiger partial charge in [-0.1, -0.05) is 47.5 Å². The van der Waals surface area contributed by atoms with Crippen molar-refractivity contribution in [2.75, 3.05) is 0 Å². The summed E-state index contributed by atoms with van der Waals surface area (Å²) in [5, 5.41) is 0. The molecule has 0 saturated carbocycles. The number of rotatable bonds is 7. The van der Waals surface area contributed by atoms with Gasteiger partial charge in [0.1, 0.15) is 0 Å². The zero-order valence-electron chi connectivity index (χ0n) is 30.2. The van der Waals surface area contributed by atoms with Crippen LogP contribution in [-0.2, 0) is 33.9 Å². The van der Waals surface area contributed by atoms with Crippen LogP contribution in [0.1, 0.15) is 130 Å². The van der Waals surface area contributed by atoms with Crippen molar-refractivity contribution in [3.05, 3.63) is 84.8 Å². The van der Waals surface area contributed by atoms with Crippen molar-refractivity contribution in [3.63, 3.8) is 0 Å². The summed E-state index contributed by atoms with van der Waals surface area (Å²) in [7, 11) is 0. The molecule has 0 bridgehead atoms. The van der Waals surface area contributed by atoms with Crippen molar-refractivity contribution in [1.29, 1.82) is 0 Å². The average Bonchev–Trinajstić information content (AvgIpc) is 2.89. The number of nitrogens with zero attached hydrogens (tertiary/aromatic N) is 1. The van der Waals surface area contributed by atoms with Gasteiger partial charge in [-0.05, 0) is 137 Å². The van der Waals surface area contributed by atoms with Crippen LogP contribution in [-0.4, -0.2) is 4.98 Å². The summed E-state index contributed by atoms with van der Waals surface area (Å²) in [5.74, 6) is 2.13. The van der Waals surface area contributed by atoms with Crippen LogP contribution in [0.25, 0.3) is 0 Å². The van der Waals surface area contributed by atoms with Gasteiger partial charge >= 0.3 is 21.1 Å². The molecule has 2 aromatic rings. The topological polar surface area (TPSA) is 12.9 Å². The molecule has 0 N–H and O–H groups in total. The van der Waals surface area contributed by atoms with Crippen LogP contribution in [0.15, 0.2) is 11.1 Å². The van der Waals surface area contributed by atoms with Crippen LogP contribution in [0.5, 0.6) is 0 Å². The number of hydrogen-bond donors (Lipinski definition) is 0. The number of aromatic nitrogens is 1. The van der Waals surface area contributed by atoms with Crippen LogP contribution in [0, 0.1) is 92.2 Å². The standard InChI is InChI=1S/C15H24.C13H21N.C11H18.W/c1-9(2)8-15-13(6)11(4)10(3)12(5)14(15)7;1-8(2)7-13-11(5)9(3)10(4)12(6)14-13;1-6-10(4)11(5)8-7-9(2)3;/h9H,8H2,1-7H3;8H,7H2,1-6H3;9H,7H2,1-5H3;/q;;-2;+2. The van der Waals surface area contributed by atoms with E-state index in [1.165, 1.54) is 73.5 Å². The number of pyridine rings is 1. The Kier molecular flexibility index (Phi) is 20.0. The summed E-state index contributed by atoms with van der Waals surface area (Å²) in [6.45, 7) is 39.5. The summed E-state index contributed by atoms with van der Waals surface area (Å²) in [6.07, 6.45) is 9.80. The summed E-state index contributed by atoms with van der Waals surface area (Å²) < 4.78 is 0. The van der Waals surface area contributed by atoms with Gasteiger partial charge in [0.25, 0.3) is 0 Å². The first-order valence-corrected chi connectivity index (χ1v) is 15.4. The van der Waals surface area contributed by atoms with Crippen molar-refractivity contribution < 1.29 is 21.1 Å².